The number of anilines is 1. The molecule has 0 aromatic carbocycles. The maximum absolute atomic E-state index is 10.3. The second-order valence-electron chi connectivity index (χ2n) is 7.99. The Morgan fingerprint density at radius 2 is 2.11 bits per heavy atom. The van der Waals surface area contributed by atoms with Gasteiger partial charge in [0.1, 0.15) is 17.8 Å². The highest BCUT2D eigenvalue weighted by Crippen LogP contribution is 2.23. The minimum absolute atomic E-state index is 0.0414. The molecule has 1 aliphatic carbocycles. The molecule has 3 heterocycles. The van der Waals surface area contributed by atoms with Crippen LogP contribution in [0.4, 0.5) is 5.82 Å². The fourth-order valence-corrected chi connectivity index (χ4v) is 3.93. The Bertz CT molecular complexity index is 954. The third-order valence-electron chi connectivity index (χ3n) is 5.33. The molecule has 8 heteroatoms. The van der Waals surface area contributed by atoms with Crippen molar-refractivity contribution in [3.05, 3.63) is 23.0 Å². The van der Waals surface area contributed by atoms with Gasteiger partial charge < -0.3 is 19.6 Å². The van der Waals surface area contributed by atoms with E-state index in [-0.39, 0.29) is 18.2 Å². The number of hydrogen-bond donors (Lipinski definition) is 2. The number of aromatic nitrogens is 4. The van der Waals surface area contributed by atoms with Crippen LogP contribution in [0, 0.1) is 0 Å². The van der Waals surface area contributed by atoms with E-state index in [9.17, 15) is 5.11 Å². The van der Waals surface area contributed by atoms with E-state index in [0.717, 1.165) is 40.7 Å². The molecule has 0 radical (unpaired) electrons. The first-order chi connectivity index (χ1) is 13.4. The molecular formula is C20H28N6O2. The van der Waals surface area contributed by atoms with Gasteiger partial charge >= 0.3 is 0 Å². The zero-order valence-electron chi connectivity index (χ0n) is 16.8. The second kappa shape index (κ2) is 7.62. The summed E-state index contributed by atoms with van der Waals surface area (Å²) in [4.78, 5) is 13.0. The van der Waals surface area contributed by atoms with Crippen LogP contribution >= 0.6 is 0 Å². The molecule has 2 aromatic rings. The number of rotatable bonds is 5. The Labute approximate surface area is 164 Å². The Morgan fingerprint density at radius 3 is 2.82 bits per heavy atom. The van der Waals surface area contributed by atoms with Crippen molar-refractivity contribution in [2.24, 2.45) is 0 Å². The Morgan fingerprint density at radius 1 is 1.29 bits per heavy atom. The maximum Gasteiger partial charge on any atom is 0.132 e. The molecular weight excluding hydrogens is 356 g/mol. The normalized spacial score (nSPS) is 24.4. The summed E-state index contributed by atoms with van der Waals surface area (Å²) in [7, 11) is 3.97. The van der Waals surface area contributed by atoms with Crippen molar-refractivity contribution < 1.29 is 9.84 Å². The molecule has 2 aliphatic rings. The van der Waals surface area contributed by atoms with Gasteiger partial charge in [-0.3, -0.25) is 5.10 Å². The number of ether oxygens (including phenoxy) is 1. The average molecular weight is 384 g/mol. The van der Waals surface area contributed by atoms with Crippen LogP contribution in [0.5, 0.6) is 0 Å². The number of nitrogens with zero attached hydrogens (tertiary/aromatic N) is 5. The fraction of sp³-hybridized carbons (Fsp3) is 0.550. The van der Waals surface area contributed by atoms with Gasteiger partial charge in [0.05, 0.1) is 35.4 Å². The van der Waals surface area contributed by atoms with Gasteiger partial charge in [-0.05, 0) is 40.4 Å². The van der Waals surface area contributed by atoms with Crippen LogP contribution in [0.3, 0.4) is 0 Å². The Hall–Kier alpha value is -2.29. The third-order valence-corrected chi connectivity index (χ3v) is 5.33. The average Bonchev–Trinajstić information content (AvgIpc) is 3.24. The molecule has 0 bridgehead atoms. The standard InChI is InChI=1S/C20H28N6O2/c1-12(2)28-13-5-6-15-14(7-13)20(24-23-15)16-8-19(22-11-21-16)26-9-17(25(3)4)18(27)10-26/h6-8,11-13,17-18,23,27H,5,9-10H2,1-4H3/t13-,17-,18-/m0/s1. The Kier molecular flexibility index (Phi) is 5.18. The van der Waals surface area contributed by atoms with Gasteiger partial charge in [0.25, 0.3) is 0 Å². The van der Waals surface area contributed by atoms with E-state index in [2.05, 4.69) is 42.1 Å². The van der Waals surface area contributed by atoms with E-state index in [4.69, 9.17) is 4.74 Å². The predicted molar refractivity (Wildman–Crippen MR) is 108 cm³/mol. The summed E-state index contributed by atoms with van der Waals surface area (Å²) >= 11 is 0. The van der Waals surface area contributed by atoms with Gasteiger partial charge in [0.2, 0.25) is 0 Å². The highest BCUT2D eigenvalue weighted by molar-refractivity contribution is 5.62. The summed E-state index contributed by atoms with van der Waals surface area (Å²) in [5.74, 6) is 0.805. The zero-order valence-corrected chi connectivity index (χ0v) is 16.8. The smallest absolute Gasteiger partial charge is 0.132 e. The molecule has 0 amide bonds. The lowest BCUT2D eigenvalue weighted by molar-refractivity contribution is 0.0473. The summed E-state index contributed by atoms with van der Waals surface area (Å²) in [6.07, 6.45) is 6.46. The minimum Gasteiger partial charge on any atom is -0.390 e. The number of nitrogens with one attached hydrogen (secondary N) is 1. The number of aliphatic hydroxyl groups is 1. The zero-order chi connectivity index (χ0) is 19.8. The molecule has 28 heavy (non-hydrogen) atoms. The summed E-state index contributed by atoms with van der Waals surface area (Å²) in [5.41, 5.74) is 1.57. The van der Waals surface area contributed by atoms with Gasteiger partial charge in [-0.2, -0.15) is 5.10 Å². The lowest BCUT2D eigenvalue weighted by Gasteiger charge is -2.21. The van der Waals surface area contributed by atoms with Crippen molar-refractivity contribution in [2.45, 2.75) is 44.6 Å². The van der Waals surface area contributed by atoms with Crippen LogP contribution < -0.4 is 15.5 Å². The van der Waals surface area contributed by atoms with Crippen LogP contribution in [0.15, 0.2) is 12.4 Å². The molecule has 0 saturated carbocycles. The largest absolute Gasteiger partial charge is 0.390 e. The van der Waals surface area contributed by atoms with Crippen molar-refractivity contribution in [1.82, 2.24) is 25.1 Å². The number of aromatic amines is 1. The second-order valence-corrected chi connectivity index (χ2v) is 7.99. The first-order valence-electron chi connectivity index (χ1n) is 9.76. The fourth-order valence-electron chi connectivity index (χ4n) is 3.93. The van der Waals surface area contributed by atoms with Crippen molar-refractivity contribution >= 4 is 18.0 Å². The topological polar surface area (TPSA) is 90.4 Å². The highest BCUT2D eigenvalue weighted by atomic mass is 16.5. The van der Waals surface area contributed by atoms with Gasteiger partial charge in [0, 0.05) is 24.4 Å². The molecule has 1 fully saturated rings. The monoisotopic (exact) mass is 384 g/mol. The van der Waals surface area contributed by atoms with Crippen LogP contribution in [-0.2, 0) is 4.74 Å². The SMILES string of the molecule is CC(C)O[C@@H]1C=c2c(-c3cc(N4C[C@H](O)[C@@H](N(C)C)C4)ncn3)n[nH]c2=CC1. The summed E-state index contributed by atoms with van der Waals surface area (Å²) < 4.78 is 5.96. The molecule has 0 unspecified atom stereocenters. The van der Waals surface area contributed by atoms with Crippen LogP contribution in [-0.4, -0.2) is 81.7 Å². The molecule has 1 saturated heterocycles. The lowest BCUT2D eigenvalue weighted by atomic mass is 10.1. The number of H-pyrrole nitrogens is 1. The first kappa shape index (κ1) is 19.0. The van der Waals surface area contributed by atoms with Gasteiger partial charge in [0.15, 0.2) is 0 Å². The van der Waals surface area contributed by atoms with Crippen LogP contribution in [0.2, 0.25) is 0 Å². The number of hydrogen-bond acceptors (Lipinski definition) is 7. The van der Waals surface area contributed by atoms with Crippen molar-refractivity contribution in [2.75, 3.05) is 32.1 Å². The van der Waals surface area contributed by atoms with E-state index >= 15 is 0 Å². The van der Waals surface area contributed by atoms with Crippen molar-refractivity contribution in [1.29, 1.82) is 0 Å². The van der Waals surface area contributed by atoms with E-state index in [1.54, 1.807) is 6.33 Å². The molecule has 3 atom stereocenters. The van der Waals surface area contributed by atoms with Crippen LogP contribution in [0.1, 0.15) is 20.3 Å². The summed E-state index contributed by atoms with van der Waals surface area (Å²) in [6.45, 7) is 5.37. The van der Waals surface area contributed by atoms with E-state index in [1.807, 2.05) is 34.0 Å². The van der Waals surface area contributed by atoms with Crippen molar-refractivity contribution in [3.8, 4) is 11.4 Å². The minimum atomic E-state index is -0.400. The molecule has 4 rings (SSSR count). The molecule has 2 aromatic heterocycles. The van der Waals surface area contributed by atoms with Gasteiger partial charge in [-0.1, -0.05) is 6.08 Å². The molecule has 150 valence electrons. The van der Waals surface area contributed by atoms with Gasteiger partial charge in [-0.15, -0.1) is 0 Å². The number of aliphatic hydroxyl groups excluding tert-OH is 1. The van der Waals surface area contributed by atoms with E-state index in [0.29, 0.717) is 6.54 Å². The summed E-state index contributed by atoms with van der Waals surface area (Å²) in [6, 6.07) is 2.04. The quantitative estimate of drug-likeness (QED) is 0.734. The van der Waals surface area contributed by atoms with E-state index < -0.39 is 6.10 Å². The van der Waals surface area contributed by atoms with Crippen LogP contribution in [0.25, 0.3) is 23.5 Å². The number of β-amino-alcohol motifs (C(OH)–C–C–N with tert-alkyl or cyclic N) is 1. The summed E-state index contributed by atoms with van der Waals surface area (Å²) in [5, 5.41) is 20.0. The highest BCUT2D eigenvalue weighted by Gasteiger charge is 2.33. The van der Waals surface area contributed by atoms with E-state index in [1.165, 1.54) is 0 Å². The molecule has 0 spiro atoms. The molecule has 1 aliphatic heterocycles. The predicted octanol–water partition coefficient (Wildman–Crippen LogP) is -0.264. The van der Waals surface area contributed by atoms with Crippen molar-refractivity contribution in [3.63, 3.8) is 0 Å². The number of fused-ring (bicyclic) bond motifs is 1. The Balaban J connectivity index is 1.65. The van der Waals surface area contributed by atoms with Gasteiger partial charge in [-0.25, -0.2) is 9.97 Å². The maximum atomic E-state index is 10.3. The first-order valence-corrected chi connectivity index (χ1v) is 9.76. The number of likely N-dealkylation sites (N-methyl/N-ethyl adjacent to an activating group) is 1. The molecule has 8 nitrogen and oxygen atoms in total. The lowest BCUT2D eigenvalue weighted by Crippen LogP contribution is -2.38. The third kappa shape index (κ3) is 3.67. The molecule has 2 N–H and O–H groups in total.